The molecule has 0 fully saturated rings. The van der Waals surface area contributed by atoms with Crippen molar-refractivity contribution in [1.82, 2.24) is 0 Å². The molecule has 0 aliphatic carbocycles. The average Bonchev–Trinajstić information content (AvgIpc) is 1.86. The molecule has 0 saturated carbocycles. The van der Waals surface area contributed by atoms with Gasteiger partial charge in [-0.1, -0.05) is 0 Å². The third kappa shape index (κ3) is 5.00. The Labute approximate surface area is 69.4 Å². The number of hydrogen-bond donors (Lipinski definition) is 1. The van der Waals surface area contributed by atoms with E-state index in [0.29, 0.717) is 12.8 Å². The summed E-state index contributed by atoms with van der Waals surface area (Å²) >= 11 is 4.53. The molecule has 4 heteroatoms. The van der Waals surface area contributed by atoms with Crippen molar-refractivity contribution in [2.45, 2.75) is 30.7 Å². The minimum atomic E-state index is -3.53. The fraction of sp³-hybridized carbons (Fsp3) is 0.714. The van der Waals surface area contributed by atoms with Gasteiger partial charge in [0.05, 0.1) is 0 Å². The van der Waals surface area contributed by atoms with Crippen LogP contribution in [0, 0.1) is 12.3 Å². The molecule has 1 unspecified atom stereocenters. The number of terminal acetylenes is 1. The smallest absolute Gasteiger partial charge is 0.347 e. The standard InChI is InChI=1S/C7H9ClF2O/c1-2-3-4-5-6(11)7(8,9)10/h1,6,11H,3-5H2. The van der Waals surface area contributed by atoms with E-state index in [1.54, 1.807) is 0 Å². The predicted octanol–water partition coefficient (Wildman–Crippen LogP) is 1.98. The molecule has 0 radical (unpaired) electrons. The van der Waals surface area contributed by atoms with Crippen LogP contribution in [-0.2, 0) is 0 Å². The molecule has 0 aliphatic heterocycles. The van der Waals surface area contributed by atoms with Gasteiger partial charge >= 0.3 is 5.38 Å². The Balaban J connectivity index is 3.55. The van der Waals surface area contributed by atoms with Gasteiger partial charge in [0.2, 0.25) is 0 Å². The molecule has 0 heterocycles. The van der Waals surface area contributed by atoms with Gasteiger partial charge in [0.15, 0.2) is 0 Å². The lowest BCUT2D eigenvalue weighted by atomic mass is 10.1. The highest BCUT2D eigenvalue weighted by Crippen LogP contribution is 2.26. The van der Waals surface area contributed by atoms with E-state index in [1.165, 1.54) is 0 Å². The highest BCUT2D eigenvalue weighted by atomic mass is 35.5. The molecular formula is C7H9ClF2O. The maximum atomic E-state index is 12.0. The molecule has 0 rings (SSSR count). The maximum absolute atomic E-state index is 12.0. The van der Waals surface area contributed by atoms with E-state index in [0.717, 1.165) is 0 Å². The SMILES string of the molecule is C#CCCCC(O)C(F)(F)Cl. The molecule has 0 bridgehead atoms. The second-order valence-electron chi connectivity index (χ2n) is 2.15. The molecule has 0 spiro atoms. The summed E-state index contributed by atoms with van der Waals surface area (Å²) in [5, 5.41) is 5.13. The first-order valence-electron chi connectivity index (χ1n) is 3.16. The van der Waals surface area contributed by atoms with Crippen LogP contribution in [0.2, 0.25) is 0 Å². The van der Waals surface area contributed by atoms with Crippen molar-refractivity contribution < 1.29 is 13.9 Å². The van der Waals surface area contributed by atoms with Crippen LogP contribution < -0.4 is 0 Å². The molecule has 0 aromatic rings. The summed E-state index contributed by atoms with van der Waals surface area (Å²) in [7, 11) is 0. The van der Waals surface area contributed by atoms with Crippen molar-refractivity contribution in [3.05, 3.63) is 0 Å². The number of unbranched alkanes of at least 4 members (excludes halogenated alkanes) is 1. The van der Waals surface area contributed by atoms with E-state index in [2.05, 4.69) is 17.5 Å². The van der Waals surface area contributed by atoms with E-state index < -0.39 is 11.5 Å². The molecule has 0 aromatic heterocycles. The van der Waals surface area contributed by atoms with Crippen LogP contribution >= 0.6 is 11.6 Å². The molecule has 1 atom stereocenters. The number of aliphatic hydroxyl groups is 1. The normalized spacial score (nSPS) is 14.1. The molecule has 0 amide bonds. The molecule has 1 nitrogen and oxygen atoms in total. The van der Waals surface area contributed by atoms with Gasteiger partial charge in [-0.15, -0.1) is 12.3 Å². The summed E-state index contributed by atoms with van der Waals surface area (Å²) in [5.74, 6) is 2.28. The van der Waals surface area contributed by atoms with Crippen molar-refractivity contribution in [1.29, 1.82) is 0 Å². The monoisotopic (exact) mass is 182 g/mol. The van der Waals surface area contributed by atoms with E-state index in [4.69, 9.17) is 11.5 Å². The molecule has 11 heavy (non-hydrogen) atoms. The Morgan fingerprint density at radius 3 is 2.55 bits per heavy atom. The minimum absolute atomic E-state index is 0.0687. The molecule has 1 N–H and O–H groups in total. The largest absolute Gasteiger partial charge is 0.385 e. The Hall–Kier alpha value is -0.330. The number of halogens is 3. The van der Waals surface area contributed by atoms with Crippen molar-refractivity contribution >= 4 is 11.6 Å². The first kappa shape index (κ1) is 10.7. The Morgan fingerprint density at radius 1 is 1.64 bits per heavy atom. The third-order valence-electron chi connectivity index (χ3n) is 1.18. The summed E-state index contributed by atoms with van der Waals surface area (Å²) in [6.07, 6.45) is 3.75. The molecule has 0 aromatic carbocycles. The fourth-order valence-corrected chi connectivity index (χ4v) is 0.670. The van der Waals surface area contributed by atoms with Gasteiger partial charge in [0, 0.05) is 6.42 Å². The summed E-state index contributed by atoms with van der Waals surface area (Å²) in [5.41, 5.74) is 0. The summed E-state index contributed by atoms with van der Waals surface area (Å²) in [6.45, 7) is 0. The van der Waals surface area contributed by atoms with Crippen LogP contribution in [0.5, 0.6) is 0 Å². The quantitative estimate of drug-likeness (QED) is 0.401. The van der Waals surface area contributed by atoms with Crippen molar-refractivity contribution in [2.75, 3.05) is 0 Å². The van der Waals surface area contributed by atoms with Crippen LogP contribution in [0.3, 0.4) is 0 Å². The van der Waals surface area contributed by atoms with E-state index in [1.807, 2.05) is 0 Å². The maximum Gasteiger partial charge on any atom is 0.347 e. The second kappa shape index (κ2) is 4.53. The molecule has 64 valence electrons. The number of aliphatic hydroxyl groups excluding tert-OH is 1. The number of hydrogen-bond acceptors (Lipinski definition) is 1. The van der Waals surface area contributed by atoms with Crippen molar-refractivity contribution in [3.8, 4) is 12.3 Å². The molecular weight excluding hydrogens is 174 g/mol. The lowest BCUT2D eigenvalue weighted by Gasteiger charge is -2.14. The van der Waals surface area contributed by atoms with Gasteiger partial charge in [-0.3, -0.25) is 0 Å². The van der Waals surface area contributed by atoms with Gasteiger partial charge in [-0.2, -0.15) is 8.78 Å². The minimum Gasteiger partial charge on any atom is -0.385 e. The third-order valence-corrected chi connectivity index (χ3v) is 1.43. The van der Waals surface area contributed by atoms with Gasteiger partial charge in [0.25, 0.3) is 0 Å². The van der Waals surface area contributed by atoms with Gasteiger partial charge in [-0.25, -0.2) is 0 Å². The summed E-state index contributed by atoms with van der Waals surface area (Å²) < 4.78 is 24.0. The highest BCUT2D eigenvalue weighted by molar-refractivity contribution is 6.22. The Bertz CT molecular complexity index is 148. The van der Waals surface area contributed by atoms with E-state index in [-0.39, 0.29) is 6.42 Å². The Morgan fingerprint density at radius 2 is 2.18 bits per heavy atom. The van der Waals surface area contributed by atoms with Crippen LogP contribution in [0.1, 0.15) is 19.3 Å². The Kier molecular flexibility index (Phi) is 4.39. The van der Waals surface area contributed by atoms with Crippen molar-refractivity contribution in [2.24, 2.45) is 0 Å². The van der Waals surface area contributed by atoms with E-state index >= 15 is 0 Å². The predicted molar refractivity (Wildman–Crippen MR) is 39.5 cm³/mol. The highest BCUT2D eigenvalue weighted by Gasteiger charge is 2.34. The summed E-state index contributed by atoms with van der Waals surface area (Å²) in [4.78, 5) is 0. The zero-order valence-corrected chi connectivity index (χ0v) is 6.61. The van der Waals surface area contributed by atoms with Crippen molar-refractivity contribution in [3.63, 3.8) is 0 Å². The van der Waals surface area contributed by atoms with Gasteiger partial charge in [0.1, 0.15) is 6.10 Å². The first-order valence-corrected chi connectivity index (χ1v) is 3.54. The van der Waals surface area contributed by atoms with Crippen LogP contribution in [-0.4, -0.2) is 16.6 Å². The van der Waals surface area contributed by atoms with E-state index in [9.17, 15) is 8.78 Å². The van der Waals surface area contributed by atoms with Gasteiger partial charge in [-0.05, 0) is 24.4 Å². The van der Waals surface area contributed by atoms with Crippen LogP contribution in [0.15, 0.2) is 0 Å². The topological polar surface area (TPSA) is 20.2 Å². The second-order valence-corrected chi connectivity index (χ2v) is 2.66. The fourth-order valence-electron chi connectivity index (χ4n) is 0.561. The van der Waals surface area contributed by atoms with Crippen LogP contribution in [0.25, 0.3) is 0 Å². The first-order chi connectivity index (χ1) is 4.98. The lowest BCUT2D eigenvalue weighted by molar-refractivity contribution is -0.0448. The number of rotatable bonds is 4. The average molecular weight is 183 g/mol. The lowest BCUT2D eigenvalue weighted by Crippen LogP contribution is -2.26. The number of alkyl halides is 3. The molecule has 0 aliphatic rings. The van der Waals surface area contributed by atoms with Gasteiger partial charge < -0.3 is 5.11 Å². The molecule has 0 saturated heterocycles. The summed E-state index contributed by atoms with van der Waals surface area (Å²) in [6, 6.07) is 0. The zero-order valence-electron chi connectivity index (χ0n) is 5.86. The zero-order chi connectivity index (χ0) is 8.91. The van der Waals surface area contributed by atoms with Crippen LogP contribution in [0.4, 0.5) is 8.78 Å².